The Morgan fingerprint density at radius 2 is 2.11 bits per heavy atom. The van der Waals surface area contributed by atoms with E-state index in [4.69, 9.17) is 5.26 Å². The summed E-state index contributed by atoms with van der Waals surface area (Å²) < 4.78 is 1.97. The van der Waals surface area contributed by atoms with E-state index in [0.29, 0.717) is 11.5 Å². The average molecular weight is 246 g/mol. The summed E-state index contributed by atoms with van der Waals surface area (Å²) >= 11 is 0. The van der Waals surface area contributed by atoms with Crippen LogP contribution in [0.4, 0.5) is 0 Å². The van der Waals surface area contributed by atoms with E-state index in [1.165, 1.54) is 11.1 Å². The maximum atomic E-state index is 8.89. The van der Waals surface area contributed by atoms with Crippen LogP contribution in [0.3, 0.4) is 0 Å². The molecule has 0 radical (unpaired) electrons. The third-order valence-electron chi connectivity index (χ3n) is 3.73. The molecule has 1 aliphatic carbocycles. The lowest BCUT2D eigenvalue weighted by atomic mass is 9.77. The van der Waals surface area contributed by atoms with Crippen LogP contribution in [0, 0.1) is 11.3 Å². The van der Waals surface area contributed by atoms with Gasteiger partial charge in [-0.2, -0.15) is 5.26 Å². The summed E-state index contributed by atoms with van der Waals surface area (Å²) in [5, 5.41) is 17.4. The number of pyridine rings is 1. The lowest BCUT2D eigenvalue weighted by molar-refractivity contribution is 0.651. The summed E-state index contributed by atoms with van der Waals surface area (Å²) in [6.07, 6.45) is 2.89. The molecule has 1 atom stereocenters. The Hall–Kier alpha value is -2.67. The fraction of sp³-hybridized carbons (Fsp3) is 0.133. The van der Waals surface area contributed by atoms with E-state index in [9.17, 15) is 0 Å². The summed E-state index contributed by atoms with van der Waals surface area (Å²) in [5.41, 5.74) is 4.07. The van der Waals surface area contributed by atoms with E-state index in [0.717, 1.165) is 17.9 Å². The number of hydrogen-bond donors (Lipinski definition) is 0. The van der Waals surface area contributed by atoms with Crippen LogP contribution in [0.2, 0.25) is 0 Å². The molecule has 2 heterocycles. The van der Waals surface area contributed by atoms with Gasteiger partial charge in [-0.05, 0) is 23.6 Å². The topological polar surface area (TPSA) is 54.0 Å². The van der Waals surface area contributed by atoms with Crippen molar-refractivity contribution < 1.29 is 0 Å². The van der Waals surface area contributed by atoms with E-state index in [-0.39, 0.29) is 0 Å². The minimum Gasteiger partial charge on any atom is -0.286 e. The quantitative estimate of drug-likeness (QED) is 0.662. The summed E-state index contributed by atoms with van der Waals surface area (Å²) in [4.78, 5) is 0. The van der Waals surface area contributed by atoms with Crippen molar-refractivity contribution in [2.24, 2.45) is 0 Å². The van der Waals surface area contributed by atoms with Crippen LogP contribution in [0.5, 0.6) is 0 Å². The van der Waals surface area contributed by atoms with Gasteiger partial charge in [-0.25, -0.2) is 0 Å². The highest BCUT2D eigenvalue weighted by molar-refractivity contribution is 5.49. The monoisotopic (exact) mass is 246 g/mol. The van der Waals surface area contributed by atoms with Crippen molar-refractivity contribution in [1.29, 1.82) is 5.26 Å². The van der Waals surface area contributed by atoms with Crippen LogP contribution in [0.1, 0.15) is 28.4 Å². The van der Waals surface area contributed by atoms with Gasteiger partial charge in [0.1, 0.15) is 5.82 Å². The largest absolute Gasteiger partial charge is 0.286 e. The van der Waals surface area contributed by atoms with E-state index < -0.39 is 0 Å². The van der Waals surface area contributed by atoms with Crippen molar-refractivity contribution in [3.05, 3.63) is 65.1 Å². The van der Waals surface area contributed by atoms with E-state index in [1.54, 1.807) is 12.1 Å². The molecule has 0 saturated heterocycles. The zero-order chi connectivity index (χ0) is 12.8. The highest BCUT2D eigenvalue weighted by Gasteiger charge is 2.30. The molecule has 0 saturated carbocycles. The van der Waals surface area contributed by atoms with Gasteiger partial charge < -0.3 is 0 Å². The van der Waals surface area contributed by atoms with Gasteiger partial charge >= 0.3 is 0 Å². The molecule has 0 aliphatic heterocycles. The number of hydrogen-bond acceptors (Lipinski definition) is 3. The van der Waals surface area contributed by atoms with E-state index >= 15 is 0 Å². The first-order valence-corrected chi connectivity index (χ1v) is 6.19. The number of benzene rings is 1. The Bertz CT molecular complexity index is 826. The average Bonchev–Trinajstić information content (AvgIpc) is 2.83. The van der Waals surface area contributed by atoms with Crippen LogP contribution < -0.4 is 0 Å². The zero-order valence-corrected chi connectivity index (χ0v) is 10.1. The highest BCUT2D eigenvalue weighted by atomic mass is 15.2. The van der Waals surface area contributed by atoms with Gasteiger partial charge in [0.15, 0.2) is 5.65 Å². The van der Waals surface area contributed by atoms with Gasteiger partial charge in [0.05, 0.1) is 11.6 Å². The molecule has 19 heavy (non-hydrogen) atoms. The van der Waals surface area contributed by atoms with Crippen LogP contribution in [-0.4, -0.2) is 14.6 Å². The lowest BCUT2D eigenvalue weighted by Crippen LogP contribution is -2.20. The van der Waals surface area contributed by atoms with Gasteiger partial charge in [0.2, 0.25) is 0 Å². The molecule has 0 spiro atoms. The van der Waals surface area contributed by atoms with Gasteiger partial charge in [-0.3, -0.25) is 4.40 Å². The van der Waals surface area contributed by atoms with Crippen LogP contribution >= 0.6 is 0 Å². The first-order chi connectivity index (χ1) is 9.36. The van der Waals surface area contributed by atoms with Crippen LogP contribution in [0.15, 0.2) is 42.6 Å². The maximum Gasteiger partial charge on any atom is 0.162 e. The molecule has 3 aromatic rings. The molecule has 2 aromatic heterocycles. The molecule has 4 nitrogen and oxygen atoms in total. The third-order valence-corrected chi connectivity index (χ3v) is 3.73. The summed E-state index contributed by atoms with van der Waals surface area (Å²) in [6.45, 7) is 0. The minimum atomic E-state index is 0.319. The molecule has 1 aromatic carbocycles. The zero-order valence-electron chi connectivity index (χ0n) is 10.1. The fourth-order valence-corrected chi connectivity index (χ4v) is 2.71. The second-order valence-electron chi connectivity index (χ2n) is 4.77. The maximum absolute atomic E-state index is 8.89. The fourth-order valence-electron chi connectivity index (χ4n) is 2.71. The molecular weight excluding hydrogens is 236 g/mol. The molecule has 0 amide bonds. The Labute approximate surface area is 109 Å². The molecule has 1 unspecified atom stereocenters. The molecule has 4 heteroatoms. The van der Waals surface area contributed by atoms with Crippen LogP contribution in [0.25, 0.3) is 5.65 Å². The van der Waals surface area contributed by atoms with Gasteiger partial charge in [-0.15, -0.1) is 10.2 Å². The molecule has 0 bridgehead atoms. The first-order valence-electron chi connectivity index (χ1n) is 6.19. The third kappa shape index (κ3) is 1.39. The normalized spacial score (nSPS) is 16.7. The van der Waals surface area contributed by atoms with Crippen molar-refractivity contribution >= 4 is 5.65 Å². The van der Waals surface area contributed by atoms with Crippen molar-refractivity contribution in [2.75, 3.05) is 0 Å². The standard InChI is InChI=1S/C15H10N4/c16-9-10-5-6-19-14(7-10)17-18-15(19)13-8-11-3-1-2-4-12(11)13/h1-7,13H,8H2. The summed E-state index contributed by atoms with van der Waals surface area (Å²) in [5.74, 6) is 1.28. The summed E-state index contributed by atoms with van der Waals surface area (Å²) in [7, 11) is 0. The second-order valence-corrected chi connectivity index (χ2v) is 4.77. The molecule has 0 N–H and O–H groups in total. The summed E-state index contributed by atoms with van der Waals surface area (Å²) in [6, 6.07) is 14.1. The van der Waals surface area contributed by atoms with Gasteiger partial charge in [0.25, 0.3) is 0 Å². The van der Waals surface area contributed by atoms with Gasteiger partial charge in [-0.1, -0.05) is 24.3 Å². The lowest BCUT2D eigenvalue weighted by Gasteiger charge is -2.28. The van der Waals surface area contributed by atoms with E-state index in [1.807, 2.05) is 10.6 Å². The Morgan fingerprint density at radius 3 is 2.95 bits per heavy atom. The van der Waals surface area contributed by atoms with Crippen molar-refractivity contribution in [3.63, 3.8) is 0 Å². The molecular formula is C15H10N4. The smallest absolute Gasteiger partial charge is 0.162 e. The molecule has 90 valence electrons. The van der Waals surface area contributed by atoms with E-state index in [2.05, 4.69) is 40.5 Å². The van der Waals surface area contributed by atoms with Crippen molar-refractivity contribution in [2.45, 2.75) is 12.3 Å². The minimum absolute atomic E-state index is 0.319. The Kier molecular flexibility index (Phi) is 1.98. The number of rotatable bonds is 1. The molecule has 4 rings (SSSR count). The number of fused-ring (bicyclic) bond motifs is 2. The van der Waals surface area contributed by atoms with Crippen molar-refractivity contribution in [1.82, 2.24) is 14.6 Å². The SMILES string of the molecule is N#Cc1ccn2c(C3Cc4ccccc43)nnc2c1. The first kappa shape index (κ1) is 10.3. The van der Waals surface area contributed by atoms with Crippen molar-refractivity contribution in [3.8, 4) is 6.07 Å². The molecule has 1 aliphatic rings. The molecule has 0 fully saturated rings. The number of nitriles is 1. The Balaban J connectivity index is 1.84. The van der Waals surface area contributed by atoms with Crippen LogP contribution in [-0.2, 0) is 6.42 Å². The predicted octanol–water partition coefficient (Wildman–Crippen LogP) is 2.29. The second kappa shape index (κ2) is 3.66. The van der Waals surface area contributed by atoms with Gasteiger partial charge in [0, 0.05) is 18.2 Å². The highest BCUT2D eigenvalue weighted by Crippen LogP contribution is 2.38. The number of aromatic nitrogens is 3. The predicted molar refractivity (Wildman–Crippen MR) is 69.7 cm³/mol. The number of nitrogens with zero attached hydrogens (tertiary/aromatic N) is 4. The Morgan fingerprint density at radius 1 is 1.21 bits per heavy atom.